The van der Waals surface area contributed by atoms with E-state index in [-0.39, 0.29) is 0 Å². The van der Waals surface area contributed by atoms with Gasteiger partial charge in [-0.2, -0.15) is 0 Å². The van der Waals surface area contributed by atoms with E-state index in [0.717, 1.165) is 6.04 Å². The van der Waals surface area contributed by atoms with Gasteiger partial charge in [0.15, 0.2) is 0 Å². The van der Waals surface area contributed by atoms with Gasteiger partial charge >= 0.3 is 0 Å². The van der Waals surface area contributed by atoms with Gasteiger partial charge in [-0.1, -0.05) is 13.8 Å². The minimum atomic E-state index is 0.517. The van der Waals surface area contributed by atoms with Gasteiger partial charge in [-0.15, -0.1) is 0 Å². The summed E-state index contributed by atoms with van der Waals surface area (Å²) >= 11 is 0. The molecule has 0 aromatic carbocycles. The molecular formula is C14H30N2O. The Kier molecular flexibility index (Phi) is 7.82. The molecule has 0 atom stereocenters. The van der Waals surface area contributed by atoms with Crippen molar-refractivity contribution >= 4 is 0 Å². The smallest absolute Gasteiger partial charge is 0.0572 e. The second-order valence-corrected chi connectivity index (χ2v) is 5.04. The van der Waals surface area contributed by atoms with Crippen LogP contribution in [0.25, 0.3) is 0 Å². The molecule has 0 spiro atoms. The first-order valence-corrected chi connectivity index (χ1v) is 7.28. The molecule has 0 heterocycles. The summed E-state index contributed by atoms with van der Waals surface area (Å²) in [6.45, 7) is 9.23. The van der Waals surface area contributed by atoms with E-state index in [2.05, 4.69) is 24.1 Å². The summed E-state index contributed by atoms with van der Waals surface area (Å²) < 4.78 is 5.39. The van der Waals surface area contributed by atoms with Crippen LogP contribution in [0.15, 0.2) is 0 Å². The molecule has 102 valence electrons. The molecule has 0 saturated heterocycles. The van der Waals surface area contributed by atoms with Gasteiger partial charge in [-0.25, -0.2) is 0 Å². The van der Waals surface area contributed by atoms with E-state index in [1.54, 1.807) is 0 Å². The number of methoxy groups -OCH3 is 1. The number of hydrogen-bond acceptors (Lipinski definition) is 3. The molecule has 0 bridgehead atoms. The van der Waals surface area contributed by atoms with Crippen LogP contribution in [0.3, 0.4) is 0 Å². The third kappa shape index (κ3) is 5.84. The van der Waals surface area contributed by atoms with Crippen molar-refractivity contribution in [3.8, 4) is 0 Å². The first-order chi connectivity index (χ1) is 8.30. The molecule has 1 fully saturated rings. The number of rotatable bonds is 8. The van der Waals surface area contributed by atoms with Crippen LogP contribution in [0.5, 0.6) is 0 Å². The van der Waals surface area contributed by atoms with E-state index in [1.165, 1.54) is 58.3 Å². The van der Waals surface area contributed by atoms with Crippen LogP contribution in [-0.4, -0.2) is 50.3 Å². The summed E-state index contributed by atoms with van der Waals surface area (Å²) in [5.74, 6) is 0. The Morgan fingerprint density at radius 2 is 1.76 bits per heavy atom. The maximum atomic E-state index is 5.39. The topological polar surface area (TPSA) is 24.5 Å². The molecule has 1 aliphatic carbocycles. The fourth-order valence-electron chi connectivity index (χ4n) is 2.65. The summed E-state index contributed by atoms with van der Waals surface area (Å²) in [5.41, 5.74) is 0. The maximum absolute atomic E-state index is 5.39. The van der Waals surface area contributed by atoms with Crippen molar-refractivity contribution in [2.24, 2.45) is 0 Å². The van der Waals surface area contributed by atoms with Gasteiger partial charge in [0.05, 0.1) is 6.10 Å². The largest absolute Gasteiger partial charge is 0.381 e. The predicted octanol–water partition coefficient (Wildman–Crippen LogP) is 2.27. The molecule has 0 aromatic rings. The van der Waals surface area contributed by atoms with E-state index in [9.17, 15) is 0 Å². The lowest BCUT2D eigenvalue weighted by Gasteiger charge is -2.28. The predicted molar refractivity (Wildman–Crippen MR) is 73.5 cm³/mol. The molecule has 3 heteroatoms. The van der Waals surface area contributed by atoms with Crippen LogP contribution in [0.1, 0.15) is 46.0 Å². The molecular weight excluding hydrogens is 212 g/mol. The minimum Gasteiger partial charge on any atom is -0.381 e. The van der Waals surface area contributed by atoms with Crippen LogP contribution in [0.2, 0.25) is 0 Å². The van der Waals surface area contributed by atoms with E-state index >= 15 is 0 Å². The SMILES string of the molecule is CCN(CC)CCCNC1CCC(OC)CC1. The lowest BCUT2D eigenvalue weighted by atomic mass is 9.93. The summed E-state index contributed by atoms with van der Waals surface area (Å²) in [6, 6.07) is 0.734. The van der Waals surface area contributed by atoms with Gasteiger partial charge in [0, 0.05) is 13.2 Å². The normalized spacial score (nSPS) is 25.4. The number of hydrogen-bond donors (Lipinski definition) is 1. The molecule has 1 aliphatic rings. The first kappa shape index (κ1) is 14.9. The second-order valence-electron chi connectivity index (χ2n) is 5.04. The van der Waals surface area contributed by atoms with Crippen molar-refractivity contribution in [1.29, 1.82) is 0 Å². The van der Waals surface area contributed by atoms with Crippen LogP contribution in [0, 0.1) is 0 Å². The van der Waals surface area contributed by atoms with Gasteiger partial charge in [-0.05, 0) is 58.3 Å². The minimum absolute atomic E-state index is 0.517. The Labute approximate surface area is 107 Å². The zero-order valence-corrected chi connectivity index (χ0v) is 11.9. The van der Waals surface area contributed by atoms with Crippen molar-refractivity contribution in [3.63, 3.8) is 0 Å². The van der Waals surface area contributed by atoms with E-state index in [0.29, 0.717) is 6.10 Å². The lowest BCUT2D eigenvalue weighted by Crippen LogP contribution is -2.36. The standard InChI is InChI=1S/C14H30N2O/c1-4-16(5-2)12-6-11-15-13-7-9-14(17-3)10-8-13/h13-15H,4-12H2,1-3H3. The maximum Gasteiger partial charge on any atom is 0.0572 e. The Hall–Kier alpha value is -0.120. The average Bonchev–Trinajstić information content (AvgIpc) is 2.40. The fourth-order valence-corrected chi connectivity index (χ4v) is 2.65. The highest BCUT2D eigenvalue weighted by molar-refractivity contribution is 4.77. The Bertz CT molecular complexity index is 175. The molecule has 1 rings (SSSR count). The van der Waals surface area contributed by atoms with Crippen LogP contribution in [0.4, 0.5) is 0 Å². The Morgan fingerprint density at radius 3 is 2.29 bits per heavy atom. The average molecular weight is 242 g/mol. The van der Waals surface area contributed by atoms with Crippen molar-refractivity contribution < 1.29 is 4.74 Å². The summed E-state index contributed by atoms with van der Waals surface area (Å²) in [4.78, 5) is 2.49. The molecule has 0 radical (unpaired) electrons. The monoisotopic (exact) mass is 242 g/mol. The third-order valence-corrected chi connectivity index (χ3v) is 3.99. The molecule has 1 saturated carbocycles. The van der Waals surface area contributed by atoms with E-state index in [1.807, 2.05) is 7.11 Å². The third-order valence-electron chi connectivity index (χ3n) is 3.99. The number of nitrogens with one attached hydrogen (secondary N) is 1. The van der Waals surface area contributed by atoms with Gasteiger partial charge in [-0.3, -0.25) is 0 Å². The van der Waals surface area contributed by atoms with Crippen LogP contribution in [-0.2, 0) is 4.74 Å². The number of nitrogens with zero attached hydrogens (tertiary/aromatic N) is 1. The molecule has 3 nitrogen and oxygen atoms in total. The summed E-state index contributed by atoms with van der Waals surface area (Å²) in [7, 11) is 1.84. The molecule has 0 unspecified atom stereocenters. The zero-order valence-electron chi connectivity index (χ0n) is 11.9. The van der Waals surface area contributed by atoms with Gasteiger partial charge < -0.3 is 15.0 Å². The zero-order chi connectivity index (χ0) is 12.5. The molecule has 17 heavy (non-hydrogen) atoms. The van der Waals surface area contributed by atoms with Crippen LogP contribution >= 0.6 is 0 Å². The van der Waals surface area contributed by atoms with Crippen molar-refractivity contribution in [3.05, 3.63) is 0 Å². The Balaban J connectivity index is 2.00. The molecule has 0 amide bonds. The highest BCUT2D eigenvalue weighted by Crippen LogP contribution is 2.20. The first-order valence-electron chi connectivity index (χ1n) is 7.28. The van der Waals surface area contributed by atoms with Crippen LogP contribution < -0.4 is 5.32 Å². The molecule has 0 aromatic heterocycles. The summed E-state index contributed by atoms with van der Waals surface area (Å²) in [5, 5.41) is 3.69. The second kappa shape index (κ2) is 8.90. The van der Waals surface area contributed by atoms with Gasteiger partial charge in [0.1, 0.15) is 0 Å². The highest BCUT2D eigenvalue weighted by atomic mass is 16.5. The highest BCUT2D eigenvalue weighted by Gasteiger charge is 2.19. The summed E-state index contributed by atoms with van der Waals surface area (Å²) in [6.07, 6.45) is 6.80. The van der Waals surface area contributed by atoms with Gasteiger partial charge in [0.2, 0.25) is 0 Å². The Morgan fingerprint density at radius 1 is 1.12 bits per heavy atom. The quantitative estimate of drug-likeness (QED) is 0.661. The van der Waals surface area contributed by atoms with Crippen molar-refractivity contribution in [1.82, 2.24) is 10.2 Å². The van der Waals surface area contributed by atoms with Crippen molar-refractivity contribution in [2.45, 2.75) is 58.1 Å². The lowest BCUT2D eigenvalue weighted by molar-refractivity contribution is 0.0625. The number of ether oxygens (including phenoxy) is 1. The van der Waals surface area contributed by atoms with Gasteiger partial charge in [0.25, 0.3) is 0 Å². The van der Waals surface area contributed by atoms with E-state index in [4.69, 9.17) is 4.74 Å². The fraction of sp³-hybridized carbons (Fsp3) is 1.00. The van der Waals surface area contributed by atoms with Crippen molar-refractivity contribution in [2.75, 3.05) is 33.3 Å². The van der Waals surface area contributed by atoms with E-state index < -0.39 is 0 Å². The molecule has 0 aliphatic heterocycles. The molecule has 1 N–H and O–H groups in total.